The van der Waals surface area contributed by atoms with Crippen LogP contribution in [0, 0.1) is 0 Å². The van der Waals surface area contributed by atoms with Gasteiger partial charge in [0.15, 0.2) is 5.17 Å². The summed E-state index contributed by atoms with van der Waals surface area (Å²) in [6, 6.07) is 0.594. The standard InChI is InChI=1S/C14H26N2S/c1-3-14(4-2)11-17-13(16-14)15-12-9-7-5-6-8-10-12/h12H,3-11H2,1-2H3,(H,15,16). The van der Waals surface area contributed by atoms with Gasteiger partial charge in [-0.15, -0.1) is 0 Å². The third-order valence-corrected chi connectivity index (χ3v) is 5.51. The summed E-state index contributed by atoms with van der Waals surface area (Å²) >= 11 is 1.94. The molecular formula is C14H26N2S. The van der Waals surface area contributed by atoms with E-state index in [-0.39, 0.29) is 0 Å². The van der Waals surface area contributed by atoms with Crippen molar-refractivity contribution in [2.45, 2.75) is 76.8 Å². The van der Waals surface area contributed by atoms with E-state index in [0.717, 1.165) is 0 Å². The number of hydrogen-bond acceptors (Lipinski definition) is 2. The second-order valence-corrected chi connectivity index (χ2v) is 6.44. The molecule has 2 aliphatic rings. The van der Waals surface area contributed by atoms with Crippen molar-refractivity contribution in [1.29, 1.82) is 0 Å². The Morgan fingerprint density at radius 2 is 1.82 bits per heavy atom. The summed E-state index contributed by atoms with van der Waals surface area (Å²) in [6.07, 6.45) is 10.6. The van der Waals surface area contributed by atoms with E-state index < -0.39 is 0 Å². The van der Waals surface area contributed by atoms with Crippen molar-refractivity contribution in [2.24, 2.45) is 4.99 Å². The number of nitrogens with one attached hydrogen (secondary N) is 1. The molecule has 1 aliphatic carbocycles. The van der Waals surface area contributed by atoms with E-state index in [2.05, 4.69) is 19.2 Å². The number of rotatable bonds is 3. The van der Waals surface area contributed by atoms with E-state index in [9.17, 15) is 0 Å². The molecule has 1 aliphatic heterocycles. The van der Waals surface area contributed by atoms with Gasteiger partial charge in [-0.3, -0.25) is 4.99 Å². The van der Waals surface area contributed by atoms with E-state index in [1.165, 1.54) is 62.3 Å². The van der Waals surface area contributed by atoms with Gasteiger partial charge in [-0.05, 0) is 25.7 Å². The Hall–Kier alpha value is -0.180. The maximum atomic E-state index is 4.95. The molecule has 0 aromatic heterocycles. The molecule has 1 N–H and O–H groups in total. The third kappa shape index (κ3) is 3.40. The molecule has 17 heavy (non-hydrogen) atoms. The van der Waals surface area contributed by atoms with Gasteiger partial charge in [0.25, 0.3) is 0 Å². The Labute approximate surface area is 110 Å². The van der Waals surface area contributed by atoms with E-state index in [1.54, 1.807) is 0 Å². The lowest BCUT2D eigenvalue weighted by Crippen LogP contribution is -2.42. The van der Waals surface area contributed by atoms with Gasteiger partial charge in [0.1, 0.15) is 0 Å². The number of aliphatic imine (C=N–C) groups is 1. The molecule has 1 saturated carbocycles. The molecule has 0 aromatic rings. The number of thioether (sulfide) groups is 1. The number of amidine groups is 1. The zero-order valence-corrected chi connectivity index (χ0v) is 12.1. The average Bonchev–Trinajstić information content (AvgIpc) is 2.59. The van der Waals surface area contributed by atoms with Gasteiger partial charge in [0.05, 0.1) is 6.04 Å². The molecule has 1 heterocycles. The van der Waals surface area contributed by atoms with Crippen LogP contribution < -0.4 is 5.32 Å². The minimum atomic E-state index is 0.328. The summed E-state index contributed by atoms with van der Waals surface area (Å²) in [6.45, 7) is 4.57. The summed E-state index contributed by atoms with van der Waals surface area (Å²) in [5, 5.41) is 4.91. The van der Waals surface area contributed by atoms with Gasteiger partial charge < -0.3 is 5.32 Å². The van der Waals surface area contributed by atoms with Crippen LogP contribution in [-0.4, -0.2) is 22.5 Å². The van der Waals surface area contributed by atoms with Crippen LogP contribution in [0.4, 0.5) is 0 Å². The van der Waals surface area contributed by atoms with Crippen LogP contribution in [0.1, 0.15) is 65.2 Å². The van der Waals surface area contributed by atoms with Crippen LogP contribution in [0.25, 0.3) is 0 Å². The van der Waals surface area contributed by atoms with E-state index in [1.807, 2.05) is 11.8 Å². The SMILES string of the molecule is CCC1(CC)CSC(=NC2CCCCCC2)N1. The molecule has 0 aromatic carbocycles. The second-order valence-electron chi connectivity index (χ2n) is 5.48. The van der Waals surface area contributed by atoms with Crippen molar-refractivity contribution in [3.8, 4) is 0 Å². The van der Waals surface area contributed by atoms with Gasteiger partial charge in [0, 0.05) is 11.3 Å². The van der Waals surface area contributed by atoms with E-state index in [0.29, 0.717) is 11.6 Å². The van der Waals surface area contributed by atoms with Gasteiger partial charge in [-0.2, -0.15) is 0 Å². The van der Waals surface area contributed by atoms with Gasteiger partial charge in [-0.1, -0.05) is 51.3 Å². The first kappa shape index (κ1) is 13.3. The maximum Gasteiger partial charge on any atom is 0.157 e. The Balaban J connectivity index is 1.94. The molecule has 2 nitrogen and oxygen atoms in total. The van der Waals surface area contributed by atoms with Gasteiger partial charge >= 0.3 is 0 Å². The number of hydrogen-bond donors (Lipinski definition) is 1. The molecule has 2 rings (SSSR count). The fourth-order valence-corrected chi connectivity index (χ4v) is 4.16. The molecule has 0 spiro atoms. The van der Waals surface area contributed by atoms with E-state index in [4.69, 9.17) is 4.99 Å². The fourth-order valence-electron chi connectivity index (χ4n) is 2.76. The average molecular weight is 254 g/mol. The summed E-state index contributed by atoms with van der Waals surface area (Å²) in [7, 11) is 0. The van der Waals surface area contributed by atoms with Crippen LogP contribution in [0.2, 0.25) is 0 Å². The van der Waals surface area contributed by atoms with E-state index >= 15 is 0 Å². The normalized spacial score (nSPS) is 28.0. The van der Waals surface area contributed by atoms with Crippen molar-refractivity contribution in [3.63, 3.8) is 0 Å². The quantitative estimate of drug-likeness (QED) is 0.771. The first-order valence-corrected chi connectivity index (χ1v) is 8.25. The lowest BCUT2D eigenvalue weighted by atomic mass is 9.96. The van der Waals surface area contributed by atoms with Crippen molar-refractivity contribution >= 4 is 16.9 Å². The molecule has 0 atom stereocenters. The van der Waals surface area contributed by atoms with Crippen molar-refractivity contribution in [1.82, 2.24) is 5.32 Å². The van der Waals surface area contributed by atoms with Crippen LogP contribution in [-0.2, 0) is 0 Å². The van der Waals surface area contributed by atoms with Crippen molar-refractivity contribution in [3.05, 3.63) is 0 Å². The zero-order valence-electron chi connectivity index (χ0n) is 11.3. The monoisotopic (exact) mass is 254 g/mol. The lowest BCUT2D eigenvalue weighted by molar-refractivity contribution is 0.406. The third-order valence-electron chi connectivity index (χ3n) is 4.34. The largest absolute Gasteiger partial charge is 0.359 e. The summed E-state index contributed by atoms with van der Waals surface area (Å²) in [5.41, 5.74) is 0.328. The van der Waals surface area contributed by atoms with Crippen molar-refractivity contribution in [2.75, 3.05) is 5.75 Å². The molecule has 0 unspecified atom stereocenters. The maximum absolute atomic E-state index is 4.95. The predicted molar refractivity (Wildman–Crippen MR) is 77.8 cm³/mol. The molecule has 0 radical (unpaired) electrons. The first-order chi connectivity index (χ1) is 8.28. The minimum Gasteiger partial charge on any atom is -0.359 e. The Morgan fingerprint density at radius 3 is 2.35 bits per heavy atom. The zero-order chi connectivity index (χ0) is 12.1. The van der Waals surface area contributed by atoms with Gasteiger partial charge in [-0.25, -0.2) is 0 Å². The molecule has 2 fully saturated rings. The highest BCUT2D eigenvalue weighted by atomic mass is 32.2. The molecular weight excluding hydrogens is 228 g/mol. The number of nitrogens with zero attached hydrogens (tertiary/aromatic N) is 1. The van der Waals surface area contributed by atoms with Crippen LogP contribution in [0.3, 0.4) is 0 Å². The van der Waals surface area contributed by atoms with Gasteiger partial charge in [0.2, 0.25) is 0 Å². The summed E-state index contributed by atoms with van der Waals surface area (Å²) in [5.74, 6) is 1.20. The minimum absolute atomic E-state index is 0.328. The Bertz CT molecular complexity index is 263. The molecule has 0 amide bonds. The first-order valence-electron chi connectivity index (χ1n) is 7.27. The highest BCUT2D eigenvalue weighted by Gasteiger charge is 2.34. The summed E-state index contributed by atoms with van der Waals surface area (Å²) in [4.78, 5) is 4.95. The predicted octanol–water partition coefficient (Wildman–Crippen LogP) is 3.96. The van der Waals surface area contributed by atoms with Crippen LogP contribution >= 0.6 is 11.8 Å². The fraction of sp³-hybridized carbons (Fsp3) is 0.929. The smallest absolute Gasteiger partial charge is 0.157 e. The molecule has 98 valence electrons. The Kier molecular flexibility index (Phi) is 4.78. The Morgan fingerprint density at radius 1 is 1.18 bits per heavy atom. The van der Waals surface area contributed by atoms with Crippen molar-refractivity contribution < 1.29 is 0 Å². The van der Waals surface area contributed by atoms with Crippen LogP contribution in [0.5, 0.6) is 0 Å². The molecule has 1 saturated heterocycles. The lowest BCUT2D eigenvalue weighted by Gasteiger charge is -2.25. The molecule has 3 heteroatoms. The highest BCUT2D eigenvalue weighted by molar-refractivity contribution is 8.14. The second kappa shape index (κ2) is 6.12. The molecule has 0 bridgehead atoms. The van der Waals surface area contributed by atoms with Crippen LogP contribution in [0.15, 0.2) is 4.99 Å². The summed E-state index contributed by atoms with van der Waals surface area (Å²) < 4.78 is 0. The highest BCUT2D eigenvalue weighted by Crippen LogP contribution is 2.30. The topological polar surface area (TPSA) is 24.4 Å².